The number of benzene rings is 2. The van der Waals surface area contributed by atoms with Crippen LogP contribution in [0, 0.1) is 0 Å². The van der Waals surface area contributed by atoms with E-state index >= 15 is 0 Å². The molecule has 1 amide bonds. The highest BCUT2D eigenvalue weighted by Gasteiger charge is 2.20. The van der Waals surface area contributed by atoms with Gasteiger partial charge in [0.25, 0.3) is 0 Å². The number of fused-ring (bicyclic) bond motifs is 1. The molecular weight excluding hydrogens is 414 g/mol. The van der Waals surface area contributed by atoms with Crippen LogP contribution in [0.5, 0.6) is 11.5 Å². The van der Waals surface area contributed by atoms with Crippen LogP contribution in [0.15, 0.2) is 46.9 Å². The maximum absolute atomic E-state index is 12.6. The SMILES string of the molecule is COC(=O)CC(NC(=O)Cc1ccc2c(c1)OCCO2)c1cccc(Br)c1. The number of esters is 1. The van der Waals surface area contributed by atoms with Crippen molar-refractivity contribution in [1.29, 1.82) is 0 Å². The summed E-state index contributed by atoms with van der Waals surface area (Å²) >= 11 is 3.41. The predicted octanol–water partition coefficient (Wildman–Crippen LogP) is 3.18. The first kappa shape index (κ1) is 19.2. The van der Waals surface area contributed by atoms with Crippen LogP contribution in [-0.2, 0) is 20.7 Å². The molecule has 6 nitrogen and oxygen atoms in total. The molecule has 0 radical (unpaired) electrons. The zero-order valence-electron chi connectivity index (χ0n) is 14.9. The summed E-state index contributed by atoms with van der Waals surface area (Å²) in [5.41, 5.74) is 1.63. The van der Waals surface area contributed by atoms with Gasteiger partial charge in [-0.1, -0.05) is 34.1 Å². The molecule has 0 bridgehead atoms. The summed E-state index contributed by atoms with van der Waals surface area (Å²) < 4.78 is 16.7. The van der Waals surface area contributed by atoms with E-state index in [1.54, 1.807) is 6.07 Å². The highest BCUT2D eigenvalue weighted by molar-refractivity contribution is 9.10. The second-order valence-electron chi connectivity index (χ2n) is 6.11. The van der Waals surface area contributed by atoms with E-state index in [1.807, 2.05) is 36.4 Å². The van der Waals surface area contributed by atoms with Crippen LogP contribution in [0.1, 0.15) is 23.6 Å². The fraction of sp³-hybridized carbons (Fsp3) is 0.300. The Morgan fingerprint density at radius 3 is 2.67 bits per heavy atom. The molecule has 0 aromatic heterocycles. The van der Waals surface area contributed by atoms with Crippen LogP contribution < -0.4 is 14.8 Å². The number of amides is 1. The lowest BCUT2D eigenvalue weighted by Gasteiger charge is -2.20. The summed E-state index contributed by atoms with van der Waals surface area (Å²) in [5.74, 6) is 0.743. The molecular formula is C20H20BrNO5. The Kier molecular flexibility index (Phi) is 6.34. The molecule has 0 aliphatic carbocycles. The lowest BCUT2D eigenvalue weighted by Crippen LogP contribution is -2.31. The average molecular weight is 434 g/mol. The predicted molar refractivity (Wildman–Crippen MR) is 103 cm³/mol. The highest BCUT2D eigenvalue weighted by atomic mass is 79.9. The second kappa shape index (κ2) is 8.90. The largest absolute Gasteiger partial charge is 0.486 e. The van der Waals surface area contributed by atoms with Gasteiger partial charge >= 0.3 is 5.97 Å². The number of hydrogen-bond acceptors (Lipinski definition) is 5. The molecule has 3 rings (SSSR count). The quantitative estimate of drug-likeness (QED) is 0.708. The average Bonchev–Trinajstić information content (AvgIpc) is 2.67. The molecule has 1 unspecified atom stereocenters. The number of ether oxygens (including phenoxy) is 3. The molecule has 0 spiro atoms. The summed E-state index contributed by atoms with van der Waals surface area (Å²) in [6.45, 7) is 1.02. The van der Waals surface area contributed by atoms with Crippen molar-refractivity contribution in [2.75, 3.05) is 20.3 Å². The first-order chi connectivity index (χ1) is 13.0. The standard InChI is InChI=1S/C20H20BrNO5/c1-25-20(24)12-16(14-3-2-4-15(21)11-14)22-19(23)10-13-5-6-17-18(9-13)27-8-7-26-17/h2-6,9,11,16H,7-8,10,12H2,1H3,(H,22,23). The van der Waals surface area contributed by atoms with Crippen molar-refractivity contribution in [2.24, 2.45) is 0 Å². The van der Waals surface area contributed by atoms with E-state index in [0.717, 1.165) is 15.6 Å². The van der Waals surface area contributed by atoms with Gasteiger partial charge in [0.15, 0.2) is 11.5 Å². The summed E-state index contributed by atoms with van der Waals surface area (Å²) in [6.07, 6.45) is 0.224. The summed E-state index contributed by atoms with van der Waals surface area (Å²) in [4.78, 5) is 24.3. The maximum atomic E-state index is 12.6. The number of rotatable bonds is 6. The first-order valence-corrected chi connectivity index (χ1v) is 9.34. The van der Waals surface area contributed by atoms with Crippen molar-refractivity contribution in [1.82, 2.24) is 5.32 Å². The minimum atomic E-state index is -0.473. The van der Waals surface area contributed by atoms with E-state index in [0.29, 0.717) is 24.7 Å². The molecule has 1 N–H and O–H groups in total. The molecule has 1 atom stereocenters. The molecule has 27 heavy (non-hydrogen) atoms. The van der Waals surface area contributed by atoms with E-state index in [2.05, 4.69) is 21.2 Å². The van der Waals surface area contributed by atoms with Gasteiger partial charge in [-0.2, -0.15) is 0 Å². The topological polar surface area (TPSA) is 73.9 Å². The van der Waals surface area contributed by atoms with Gasteiger partial charge in [0.2, 0.25) is 5.91 Å². The molecule has 7 heteroatoms. The van der Waals surface area contributed by atoms with E-state index in [4.69, 9.17) is 14.2 Å². The molecule has 2 aromatic carbocycles. The highest BCUT2D eigenvalue weighted by Crippen LogP contribution is 2.31. The van der Waals surface area contributed by atoms with Crippen molar-refractivity contribution in [3.63, 3.8) is 0 Å². The number of hydrogen-bond donors (Lipinski definition) is 1. The zero-order valence-corrected chi connectivity index (χ0v) is 16.5. The van der Waals surface area contributed by atoms with Crippen molar-refractivity contribution in [2.45, 2.75) is 18.9 Å². The summed E-state index contributed by atoms with van der Waals surface area (Å²) in [5, 5.41) is 2.92. The van der Waals surface area contributed by atoms with Crippen molar-refractivity contribution in [3.8, 4) is 11.5 Å². The molecule has 2 aromatic rings. The van der Waals surface area contributed by atoms with E-state index in [1.165, 1.54) is 7.11 Å². The lowest BCUT2D eigenvalue weighted by molar-refractivity contribution is -0.141. The molecule has 0 saturated heterocycles. The van der Waals surface area contributed by atoms with Gasteiger partial charge in [-0.25, -0.2) is 0 Å². The Morgan fingerprint density at radius 2 is 1.93 bits per heavy atom. The third kappa shape index (κ3) is 5.23. The third-order valence-electron chi connectivity index (χ3n) is 4.16. The van der Waals surface area contributed by atoms with Crippen LogP contribution in [0.25, 0.3) is 0 Å². The minimum Gasteiger partial charge on any atom is -0.486 e. The number of nitrogens with one attached hydrogen (secondary N) is 1. The zero-order chi connectivity index (χ0) is 19.2. The van der Waals surface area contributed by atoms with Gasteiger partial charge in [-0.05, 0) is 35.4 Å². The number of methoxy groups -OCH3 is 1. The fourth-order valence-corrected chi connectivity index (χ4v) is 3.27. The van der Waals surface area contributed by atoms with Gasteiger partial charge in [0.1, 0.15) is 13.2 Å². The third-order valence-corrected chi connectivity index (χ3v) is 4.65. The number of carbonyl (C=O) groups excluding carboxylic acids is 2. The van der Waals surface area contributed by atoms with Crippen LogP contribution in [0.4, 0.5) is 0 Å². The fourth-order valence-electron chi connectivity index (χ4n) is 2.85. The molecule has 0 fully saturated rings. The van der Waals surface area contributed by atoms with E-state index in [9.17, 15) is 9.59 Å². The molecule has 142 valence electrons. The van der Waals surface area contributed by atoms with Crippen molar-refractivity contribution in [3.05, 3.63) is 58.1 Å². The van der Waals surface area contributed by atoms with Crippen LogP contribution in [0.3, 0.4) is 0 Å². The smallest absolute Gasteiger partial charge is 0.307 e. The van der Waals surface area contributed by atoms with E-state index < -0.39 is 6.04 Å². The van der Waals surface area contributed by atoms with Crippen molar-refractivity contribution < 1.29 is 23.8 Å². The van der Waals surface area contributed by atoms with Gasteiger partial charge < -0.3 is 19.5 Å². The van der Waals surface area contributed by atoms with Gasteiger partial charge in [0, 0.05) is 4.47 Å². The van der Waals surface area contributed by atoms with Gasteiger partial charge in [-0.3, -0.25) is 9.59 Å². The van der Waals surface area contributed by atoms with Crippen molar-refractivity contribution >= 4 is 27.8 Å². The Labute approximate surface area is 165 Å². The maximum Gasteiger partial charge on any atom is 0.307 e. The second-order valence-corrected chi connectivity index (χ2v) is 7.03. The summed E-state index contributed by atoms with van der Waals surface area (Å²) in [7, 11) is 1.33. The van der Waals surface area contributed by atoms with Gasteiger partial charge in [0.05, 0.1) is 26.0 Å². The molecule has 1 aliphatic rings. The van der Waals surface area contributed by atoms with Crippen LogP contribution >= 0.6 is 15.9 Å². The molecule has 1 aliphatic heterocycles. The Balaban J connectivity index is 1.71. The molecule has 1 heterocycles. The van der Waals surface area contributed by atoms with Crippen LogP contribution in [0.2, 0.25) is 0 Å². The Hall–Kier alpha value is -2.54. The van der Waals surface area contributed by atoms with Gasteiger partial charge in [-0.15, -0.1) is 0 Å². The molecule has 0 saturated carbocycles. The Morgan fingerprint density at radius 1 is 1.15 bits per heavy atom. The normalized spacial score (nSPS) is 13.6. The monoisotopic (exact) mass is 433 g/mol. The first-order valence-electron chi connectivity index (χ1n) is 8.55. The number of carbonyl (C=O) groups is 2. The number of halogens is 1. The minimum absolute atomic E-state index is 0.0554. The summed E-state index contributed by atoms with van der Waals surface area (Å²) in [6, 6.07) is 12.5. The van der Waals surface area contributed by atoms with E-state index in [-0.39, 0.29) is 24.7 Å². The van der Waals surface area contributed by atoms with Crippen LogP contribution in [-0.4, -0.2) is 32.2 Å². The lowest BCUT2D eigenvalue weighted by atomic mass is 10.0. The Bertz CT molecular complexity index is 839.